The Bertz CT molecular complexity index is 504. The fourth-order valence-electron chi connectivity index (χ4n) is 2.11. The van der Waals surface area contributed by atoms with Crippen molar-refractivity contribution in [3.63, 3.8) is 0 Å². The van der Waals surface area contributed by atoms with Gasteiger partial charge in [0, 0.05) is 20.1 Å². The highest BCUT2D eigenvalue weighted by Gasteiger charge is 2.32. The number of nitrogens with zero attached hydrogens (tertiary/aromatic N) is 2. The molecule has 1 aromatic rings. The Morgan fingerprint density at radius 1 is 1.35 bits per heavy atom. The topological polar surface area (TPSA) is 49.9 Å². The fraction of sp³-hybridized carbons (Fsp3) is 0.429. The third-order valence-electron chi connectivity index (χ3n) is 3.37. The van der Waals surface area contributed by atoms with E-state index in [1.54, 1.807) is 18.9 Å². The number of rotatable bonds is 3. The molecule has 0 radical (unpaired) electrons. The van der Waals surface area contributed by atoms with Crippen LogP contribution in [0.25, 0.3) is 0 Å². The van der Waals surface area contributed by atoms with Crippen LogP contribution in [0.2, 0.25) is 0 Å². The molecular weight excluding hydrogens is 263 g/mol. The lowest BCUT2D eigenvalue weighted by Gasteiger charge is -2.37. The van der Waals surface area contributed by atoms with Gasteiger partial charge in [-0.1, -0.05) is 0 Å². The summed E-state index contributed by atoms with van der Waals surface area (Å²) in [5.41, 5.74) is 0. The van der Waals surface area contributed by atoms with Crippen LogP contribution >= 0.6 is 0 Å². The van der Waals surface area contributed by atoms with Crippen molar-refractivity contribution >= 4 is 11.8 Å². The minimum Gasteiger partial charge on any atom is -0.484 e. The van der Waals surface area contributed by atoms with Crippen LogP contribution in [-0.2, 0) is 9.59 Å². The second-order valence-electron chi connectivity index (χ2n) is 4.77. The minimum atomic E-state index is -0.474. The Kier molecular flexibility index (Phi) is 4.22. The first-order chi connectivity index (χ1) is 9.49. The van der Waals surface area contributed by atoms with Crippen molar-refractivity contribution < 1.29 is 18.7 Å². The average molecular weight is 280 g/mol. The fourth-order valence-corrected chi connectivity index (χ4v) is 2.11. The first-order valence-electron chi connectivity index (χ1n) is 6.42. The van der Waals surface area contributed by atoms with Gasteiger partial charge >= 0.3 is 0 Å². The number of halogens is 1. The van der Waals surface area contributed by atoms with Crippen molar-refractivity contribution in [3.05, 3.63) is 30.1 Å². The van der Waals surface area contributed by atoms with Crippen molar-refractivity contribution in [2.24, 2.45) is 0 Å². The maximum atomic E-state index is 12.7. The van der Waals surface area contributed by atoms with Gasteiger partial charge in [0.1, 0.15) is 17.6 Å². The van der Waals surface area contributed by atoms with Gasteiger partial charge in [0.15, 0.2) is 6.61 Å². The summed E-state index contributed by atoms with van der Waals surface area (Å²) in [7, 11) is 1.72. The van der Waals surface area contributed by atoms with E-state index in [2.05, 4.69) is 0 Å². The van der Waals surface area contributed by atoms with E-state index >= 15 is 0 Å². The summed E-state index contributed by atoms with van der Waals surface area (Å²) in [5.74, 6) is -0.260. The van der Waals surface area contributed by atoms with Crippen LogP contribution < -0.4 is 4.74 Å². The molecular formula is C14H17FN2O3. The third-order valence-corrected chi connectivity index (χ3v) is 3.37. The number of hydrogen-bond donors (Lipinski definition) is 0. The van der Waals surface area contributed by atoms with Crippen molar-refractivity contribution in [3.8, 4) is 5.75 Å². The Balaban J connectivity index is 1.91. The van der Waals surface area contributed by atoms with Crippen molar-refractivity contribution in [1.82, 2.24) is 9.80 Å². The van der Waals surface area contributed by atoms with Crippen LogP contribution in [0, 0.1) is 5.82 Å². The number of carbonyl (C=O) groups excluding carboxylic acids is 2. The van der Waals surface area contributed by atoms with Gasteiger partial charge in [-0.25, -0.2) is 4.39 Å². The molecule has 2 amide bonds. The summed E-state index contributed by atoms with van der Waals surface area (Å²) in [5, 5.41) is 0. The second-order valence-corrected chi connectivity index (χ2v) is 4.77. The monoisotopic (exact) mass is 280 g/mol. The van der Waals surface area contributed by atoms with Gasteiger partial charge in [0.2, 0.25) is 5.91 Å². The predicted molar refractivity (Wildman–Crippen MR) is 70.7 cm³/mol. The van der Waals surface area contributed by atoms with E-state index in [0.29, 0.717) is 18.8 Å². The summed E-state index contributed by atoms with van der Waals surface area (Å²) in [6.45, 7) is 2.56. The van der Waals surface area contributed by atoms with Crippen molar-refractivity contribution in [2.45, 2.75) is 13.0 Å². The molecule has 1 saturated heterocycles. The average Bonchev–Trinajstić information content (AvgIpc) is 2.44. The molecule has 1 fully saturated rings. The van der Waals surface area contributed by atoms with Crippen LogP contribution in [0.1, 0.15) is 6.92 Å². The molecule has 1 unspecified atom stereocenters. The zero-order chi connectivity index (χ0) is 14.7. The number of hydrogen-bond acceptors (Lipinski definition) is 3. The number of ether oxygens (including phenoxy) is 1. The highest BCUT2D eigenvalue weighted by molar-refractivity contribution is 5.88. The molecule has 6 heteroatoms. The SMILES string of the molecule is CC1C(=O)N(C)CCN1C(=O)COc1ccc(F)cc1. The smallest absolute Gasteiger partial charge is 0.261 e. The Labute approximate surface area is 116 Å². The number of benzene rings is 1. The minimum absolute atomic E-state index is 0.0774. The molecule has 108 valence electrons. The summed E-state index contributed by atoms with van der Waals surface area (Å²) in [6.07, 6.45) is 0. The number of piperazine rings is 1. The van der Waals surface area contributed by atoms with E-state index < -0.39 is 6.04 Å². The highest BCUT2D eigenvalue weighted by atomic mass is 19.1. The summed E-state index contributed by atoms with van der Waals surface area (Å²) < 4.78 is 18.0. The van der Waals surface area contributed by atoms with Crippen molar-refractivity contribution in [2.75, 3.05) is 26.7 Å². The van der Waals surface area contributed by atoms with Gasteiger partial charge in [0.25, 0.3) is 5.91 Å². The summed E-state index contributed by atoms with van der Waals surface area (Å²) in [6, 6.07) is 4.98. The van der Waals surface area contributed by atoms with E-state index in [1.165, 1.54) is 29.2 Å². The zero-order valence-electron chi connectivity index (χ0n) is 11.5. The quantitative estimate of drug-likeness (QED) is 0.826. The Morgan fingerprint density at radius 2 is 2.00 bits per heavy atom. The number of amides is 2. The van der Waals surface area contributed by atoms with Gasteiger partial charge < -0.3 is 14.5 Å². The molecule has 0 N–H and O–H groups in total. The number of likely N-dealkylation sites (N-methyl/N-ethyl adjacent to an activating group) is 1. The van der Waals surface area contributed by atoms with E-state index in [4.69, 9.17) is 4.74 Å². The summed E-state index contributed by atoms with van der Waals surface area (Å²) >= 11 is 0. The Morgan fingerprint density at radius 3 is 2.65 bits per heavy atom. The highest BCUT2D eigenvalue weighted by Crippen LogP contribution is 2.13. The number of carbonyl (C=O) groups is 2. The largest absolute Gasteiger partial charge is 0.484 e. The standard InChI is InChI=1S/C14H17FN2O3/c1-10-14(19)16(2)7-8-17(10)13(18)9-20-12-5-3-11(15)4-6-12/h3-6,10H,7-9H2,1-2H3. The van der Waals surface area contributed by atoms with Crippen LogP contribution in [0.4, 0.5) is 4.39 Å². The Hall–Kier alpha value is -2.11. The van der Waals surface area contributed by atoms with Gasteiger partial charge in [-0.2, -0.15) is 0 Å². The first kappa shape index (κ1) is 14.3. The third kappa shape index (κ3) is 3.07. The maximum Gasteiger partial charge on any atom is 0.261 e. The van der Waals surface area contributed by atoms with E-state index in [1.807, 2.05) is 0 Å². The zero-order valence-corrected chi connectivity index (χ0v) is 11.5. The van der Waals surface area contributed by atoms with Gasteiger partial charge in [0.05, 0.1) is 0 Å². The molecule has 1 heterocycles. The first-order valence-corrected chi connectivity index (χ1v) is 6.42. The van der Waals surface area contributed by atoms with Crippen LogP contribution in [0.3, 0.4) is 0 Å². The van der Waals surface area contributed by atoms with Crippen LogP contribution in [-0.4, -0.2) is 54.4 Å². The lowest BCUT2D eigenvalue weighted by molar-refractivity contribution is -0.150. The molecule has 2 rings (SSSR count). The predicted octanol–water partition coefficient (Wildman–Crippen LogP) is 0.894. The van der Waals surface area contributed by atoms with Gasteiger partial charge in [-0.05, 0) is 31.2 Å². The second kappa shape index (κ2) is 5.90. The molecule has 20 heavy (non-hydrogen) atoms. The molecule has 1 aromatic carbocycles. The summed E-state index contributed by atoms with van der Waals surface area (Å²) in [4.78, 5) is 27.0. The molecule has 0 spiro atoms. The molecule has 0 aliphatic carbocycles. The van der Waals surface area contributed by atoms with E-state index in [-0.39, 0.29) is 24.2 Å². The van der Waals surface area contributed by atoms with Crippen molar-refractivity contribution in [1.29, 1.82) is 0 Å². The van der Waals surface area contributed by atoms with E-state index in [9.17, 15) is 14.0 Å². The lowest BCUT2D eigenvalue weighted by atomic mass is 10.2. The maximum absolute atomic E-state index is 12.7. The molecule has 0 saturated carbocycles. The molecule has 1 aliphatic rings. The van der Waals surface area contributed by atoms with Gasteiger partial charge in [-0.15, -0.1) is 0 Å². The molecule has 1 aliphatic heterocycles. The lowest BCUT2D eigenvalue weighted by Crippen LogP contribution is -2.57. The normalized spacial score (nSPS) is 19.1. The van der Waals surface area contributed by atoms with Crippen LogP contribution in [0.15, 0.2) is 24.3 Å². The van der Waals surface area contributed by atoms with Crippen LogP contribution in [0.5, 0.6) is 5.75 Å². The van der Waals surface area contributed by atoms with E-state index in [0.717, 1.165) is 0 Å². The molecule has 0 aromatic heterocycles. The molecule has 5 nitrogen and oxygen atoms in total. The molecule has 1 atom stereocenters. The van der Waals surface area contributed by atoms with Gasteiger partial charge in [-0.3, -0.25) is 9.59 Å². The molecule has 0 bridgehead atoms.